The molecular weight excluding hydrogens is 312 g/mol. The van der Waals surface area contributed by atoms with Crippen molar-refractivity contribution in [2.75, 3.05) is 0 Å². The van der Waals surface area contributed by atoms with Crippen LogP contribution in [0.25, 0.3) is 0 Å². The van der Waals surface area contributed by atoms with Crippen LogP contribution in [-0.2, 0) is 0 Å². The van der Waals surface area contributed by atoms with Crippen molar-refractivity contribution in [2.24, 2.45) is 5.92 Å². The Kier molecular flexibility index (Phi) is 22.2. The minimum Gasteiger partial charge on any atom is -0.103 e. The molecule has 0 aliphatic heterocycles. The number of unbranched alkanes of at least 4 members (excludes halogenated alkanes) is 14. The van der Waals surface area contributed by atoms with Crippen molar-refractivity contribution in [1.29, 1.82) is 0 Å². The van der Waals surface area contributed by atoms with E-state index in [1.165, 1.54) is 116 Å². The average Bonchev–Trinajstić information content (AvgIpc) is 2.66. The first kappa shape index (κ1) is 25.6. The van der Waals surface area contributed by atoms with Gasteiger partial charge in [0.25, 0.3) is 0 Å². The van der Waals surface area contributed by atoms with E-state index in [1.54, 1.807) is 0 Å². The Bertz CT molecular complexity index is 306. The summed E-state index contributed by atoms with van der Waals surface area (Å²) in [6, 6.07) is 0. The normalized spacial score (nSPS) is 12.0. The van der Waals surface area contributed by atoms with Crippen LogP contribution in [0.3, 0.4) is 0 Å². The van der Waals surface area contributed by atoms with E-state index in [9.17, 15) is 0 Å². The predicted octanol–water partition coefficient (Wildman–Crippen LogP) is 9.47. The van der Waals surface area contributed by atoms with Crippen LogP contribution in [0.15, 0.2) is 0 Å². The highest BCUT2D eigenvalue weighted by Gasteiger charge is 2.04. The third-order valence-electron chi connectivity index (χ3n) is 5.75. The molecule has 0 heterocycles. The van der Waals surface area contributed by atoms with Gasteiger partial charge in [0.05, 0.1) is 0 Å². The van der Waals surface area contributed by atoms with Crippen molar-refractivity contribution in [2.45, 2.75) is 149 Å². The summed E-state index contributed by atoms with van der Waals surface area (Å²) < 4.78 is 0. The summed E-state index contributed by atoms with van der Waals surface area (Å²) in [5, 5.41) is 0. The van der Waals surface area contributed by atoms with Gasteiger partial charge in [0.2, 0.25) is 0 Å². The van der Waals surface area contributed by atoms with Gasteiger partial charge in [-0.3, -0.25) is 0 Å². The Balaban J connectivity index is 3.29. The smallest absolute Gasteiger partial charge is 0.00913 e. The summed E-state index contributed by atoms with van der Waals surface area (Å²) in [5.74, 6) is 7.77. The quantitative estimate of drug-likeness (QED) is 0.158. The highest BCUT2D eigenvalue weighted by atomic mass is 14.1. The van der Waals surface area contributed by atoms with Gasteiger partial charge in [-0.2, -0.15) is 0 Å². The maximum atomic E-state index is 3.43. The Morgan fingerprint density at radius 1 is 0.462 bits per heavy atom. The first-order valence-electron chi connectivity index (χ1n) is 12.3. The lowest BCUT2D eigenvalue weighted by Gasteiger charge is -2.12. The highest BCUT2D eigenvalue weighted by Crippen LogP contribution is 2.18. The molecule has 0 heteroatoms. The lowest BCUT2D eigenvalue weighted by molar-refractivity contribution is 0.421. The lowest BCUT2D eigenvalue weighted by Crippen LogP contribution is -1.98. The second-order valence-electron chi connectivity index (χ2n) is 8.30. The molecular formula is C26H50. The summed E-state index contributed by atoms with van der Waals surface area (Å²) in [7, 11) is 0. The summed E-state index contributed by atoms with van der Waals surface area (Å²) in [5.41, 5.74) is 0. The van der Waals surface area contributed by atoms with Crippen molar-refractivity contribution in [3.63, 3.8) is 0 Å². The lowest BCUT2D eigenvalue weighted by atomic mass is 9.94. The van der Waals surface area contributed by atoms with Crippen molar-refractivity contribution in [3.05, 3.63) is 0 Å². The molecule has 1 atom stereocenters. The largest absolute Gasteiger partial charge is 0.103 e. The molecule has 0 radical (unpaired) electrons. The zero-order valence-electron chi connectivity index (χ0n) is 18.7. The van der Waals surface area contributed by atoms with E-state index >= 15 is 0 Å². The third-order valence-corrected chi connectivity index (χ3v) is 5.75. The fourth-order valence-corrected chi connectivity index (χ4v) is 3.74. The van der Waals surface area contributed by atoms with Gasteiger partial charge in [-0.25, -0.2) is 0 Å². The predicted molar refractivity (Wildman–Crippen MR) is 121 cm³/mol. The fraction of sp³-hybridized carbons (Fsp3) is 0.923. The Morgan fingerprint density at radius 2 is 0.923 bits per heavy atom. The number of hydrogen-bond acceptors (Lipinski definition) is 0. The van der Waals surface area contributed by atoms with Gasteiger partial charge in [-0.1, -0.05) is 124 Å². The molecule has 0 N–H and O–H groups in total. The van der Waals surface area contributed by atoms with Gasteiger partial charge in [0.1, 0.15) is 0 Å². The van der Waals surface area contributed by atoms with Gasteiger partial charge in [0.15, 0.2) is 0 Å². The van der Waals surface area contributed by atoms with E-state index in [0.717, 1.165) is 18.8 Å². The van der Waals surface area contributed by atoms with Crippen LogP contribution in [0.4, 0.5) is 0 Å². The van der Waals surface area contributed by atoms with E-state index in [2.05, 4.69) is 32.6 Å². The van der Waals surface area contributed by atoms with Crippen LogP contribution in [0.1, 0.15) is 149 Å². The van der Waals surface area contributed by atoms with Crippen LogP contribution >= 0.6 is 0 Å². The molecule has 0 aliphatic carbocycles. The molecule has 0 rings (SSSR count). The summed E-state index contributed by atoms with van der Waals surface area (Å²) >= 11 is 0. The van der Waals surface area contributed by atoms with Gasteiger partial charge in [-0.05, 0) is 18.8 Å². The summed E-state index contributed by atoms with van der Waals surface area (Å²) in [6.07, 6.45) is 27.6. The zero-order valence-corrected chi connectivity index (χ0v) is 18.7. The SMILES string of the molecule is CCCCCCCCCCCCCCC#CCCC(CC)CCCCC. The van der Waals surface area contributed by atoms with Crippen LogP contribution in [0.5, 0.6) is 0 Å². The van der Waals surface area contributed by atoms with Gasteiger partial charge in [0, 0.05) is 12.8 Å². The second kappa shape index (κ2) is 22.6. The molecule has 0 fully saturated rings. The van der Waals surface area contributed by atoms with Crippen molar-refractivity contribution >= 4 is 0 Å². The van der Waals surface area contributed by atoms with E-state index in [1.807, 2.05) is 0 Å². The van der Waals surface area contributed by atoms with E-state index < -0.39 is 0 Å². The van der Waals surface area contributed by atoms with Crippen LogP contribution < -0.4 is 0 Å². The maximum absolute atomic E-state index is 3.43. The highest BCUT2D eigenvalue weighted by molar-refractivity contribution is 4.98. The first-order chi connectivity index (χ1) is 12.8. The minimum atomic E-state index is 0.919. The van der Waals surface area contributed by atoms with Crippen molar-refractivity contribution in [1.82, 2.24) is 0 Å². The monoisotopic (exact) mass is 362 g/mol. The molecule has 0 aromatic rings. The van der Waals surface area contributed by atoms with Crippen molar-refractivity contribution < 1.29 is 0 Å². The van der Waals surface area contributed by atoms with Crippen molar-refractivity contribution in [3.8, 4) is 11.8 Å². The molecule has 0 aromatic carbocycles. The maximum Gasteiger partial charge on any atom is 0.00913 e. The molecule has 0 saturated heterocycles. The standard InChI is InChI=1S/C26H50/c1-4-7-9-10-11-12-13-14-15-16-17-18-19-20-21-23-25-26(6-3)24-22-8-5-2/h26H,4-19,22-25H2,1-3H3. The van der Waals surface area contributed by atoms with Gasteiger partial charge < -0.3 is 0 Å². The molecule has 0 aliphatic rings. The van der Waals surface area contributed by atoms with Crippen LogP contribution in [-0.4, -0.2) is 0 Å². The number of hydrogen-bond donors (Lipinski definition) is 0. The molecule has 26 heavy (non-hydrogen) atoms. The van der Waals surface area contributed by atoms with Gasteiger partial charge in [-0.15, -0.1) is 11.8 Å². The minimum absolute atomic E-state index is 0.919. The van der Waals surface area contributed by atoms with E-state index in [0.29, 0.717) is 0 Å². The average molecular weight is 363 g/mol. The molecule has 0 aromatic heterocycles. The molecule has 0 amide bonds. The van der Waals surface area contributed by atoms with E-state index in [4.69, 9.17) is 0 Å². The molecule has 0 nitrogen and oxygen atoms in total. The third kappa shape index (κ3) is 19.9. The molecule has 154 valence electrons. The zero-order chi connectivity index (χ0) is 19.1. The molecule has 1 unspecified atom stereocenters. The first-order valence-corrected chi connectivity index (χ1v) is 12.3. The Hall–Kier alpha value is -0.440. The second-order valence-corrected chi connectivity index (χ2v) is 8.30. The molecule has 0 bridgehead atoms. The summed E-state index contributed by atoms with van der Waals surface area (Å²) in [4.78, 5) is 0. The summed E-state index contributed by atoms with van der Waals surface area (Å²) in [6.45, 7) is 6.93. The topological polar surface area (TPSA) is 0 Å². The van der Waals surface area contributed by atoms with Crippen LogP contribution in [0.2, 0.25) is 0 Å². The Labute approximate surface area is 167 Å². The molecule has 0 saturated carbocycles. The Morgan fingerprint density at radius 3 is 1.46 bits per heavy atom. The van der Waals surface area contributed by atoms with Gasteiger partial charge >= 0.3 is 0 Å². The van der Waals surface area contributed by atoms with Crippen LogP contribution in [0, 0.1) is 17.8 Å². The fourth-order valence-electron chi connectivity index (χ4n) is 3.74. The van der Waals surface area contributed by atoms with E-state index in [-0.39, 0.29) is 0 Å². The molecule has 0 spiro atoms. The number of rotatable bonds is 19.